The summed E-state index contributed by atoms with van der Waals surface area (Å²) in [4.78, 5) is 16.7. The molecule has 1 aliphatic heterocycles. The molecule has 1 N–H and O–H groups in total. The molecule has 0 spiro atoms. The molecule has 38 heavy (non-hydrogen) atoms. The molecule has 0 bridgehead atoms. The highest BCUT2D eigenvalue weighted by Crippen LogP contribution is 2.42. The summed E-state index contributed by atoms with van der Waals surface area (Å²) in [5, 5.41) is 3.61. The molecule has 2 aliphatic rings. The van der Waals surface area contributed by atoms with Crippen LogP contribution in [0.5, 0.6) is 11.5 Å². The number of rotatable bonds is 9. The predicted octanol–water partition coefficient (Wildman–Crippen LogP) is 7.56. The Morgan fingerprint density at radius 2 is 1.68 bits per heavy atom. The minimum absolute atomic E-state index is 0.101. The van der Waals surface area contributed by atoms with E-state index >= 15 is 0 Å². The average molecular weight is 529 g/mol. The molecule has 6 heteroatoms. The lowest BCUT2D eigenvalue weighted by Gasteiger charge is -2.39. The van der Waals surface area contributed by atoms with Gasteiger partial charge < -0.3 is 19.7 Å². The Morgan fingerprint density at radius 3 is 2.42 bits per heavy atom. The Kier molecular flexibility index (Phi) is 8.59. The molecule has 1 heterocycles. The molecule has 1 saturated carbocycles. The molecule has 2 fully saturated rings. The Balaban J connectivity index is 1.39. The quantitative estimate of drug-likeness (QED) is 0.291. The monoisotopic (exact) mass is 528 g/mol. The first-order chi connectivity index (χ1) is 18.6. The van der Waals surface area contributed by atoms with Crippen LogP contribution < -0.4 is 14.8 Å². The van der Waals surface area contributed by atoms with Crippen molar-refractivity contribution in [3.05, 3.63) is 94.9 Å². The molecule has 1 aliphatic carbocycles. The zero-order valence-electron chi connectivity index (χ0n) is 22.1. The first-order valence-corrected chi connectivity index (χ1v) is 14.5. The van der Waals surface area contributed by atoms with E-state index in [0.29, 0.717) is 30.6 Å². The van der Waals surface area contributed by atoms with E-state index in [2.05, 4.69) is 29.3 Å². The van der Waals surface area contributed by atoms with Crippen LogP contribution >= 0.6 is 11.8 Å². The van der Waals surface area contributed by atoms with Gasteiger partial charge in [0.15, 0.2) is 17.0 Å². The molecular formula is C32H36N2O3S. The van der Waals surface area contributed by atoms with Gasteiger partial charge in [-0.1, -0.05) is 86.1 Å². The highest BCUT2D eigenvalue weighted by molar-refractivity contribution is 8.05. The van der Waals surface area contributed by atoms with Gasteiger partial charge >= 0.3 is 0 Å². The summed E-state index contributed by atoms with van der Waals surface area (Å²) in [6.45, 7) is 5.25. The second-order valence-corrected chi connectivity index (χ2v) is 11.1. The maximum Gasteiger partial charge on any atom is 0.262 e. The second-order valence-electron chi connectivity index (χ2n) is 9.94. The van der Waals surface area contributed by atoms with Crippen molar-refractivity contribution < 1.29 is 14.3 Å². The number of nitrogens with one attached hydrogen (secondary N) is 1. The minimum Gasteiger partial charge on any atom is -0.490 e. The van der Waals surface area contributed by atoms with E-state index in [1.54, 1.807) is 11.8 Å². The first kappa shape index (κ1) is 26.2. The van der Waals surface area contributed by atoms with Crippen molar-refractivity contribution >= 4 is 29.4 Å². The van der Waals surface area contributed by atoms with E-state index in [4.69, 9.17) is 9.47 Å². The fourth-order valence-electron chi connectivity index (χ4n) is 5.26. The molecule has 3 aromatic rings. The maximum absolute atomic E-state index is 13.8. The number of carbonyl (C=O) groups is 1. The molecule has 198 valence electrons. The van der Waals surface area contributed by atoms with Crippen molar-refractivity contribution in [2.75, 3.05) is 11.9 Å². The number of anilines is 1. The number of ether oxygens (including phenoxy) is 2. The molecule has 5 nitrogen and oxygen atoms in total. The van der Waals surface area contributed by atoms with Crippen LogP contribution in [0.2, 0.25) is 0 Å². The van der Waals surface area contributed by atoms with Crippen molar-refractivity contribution in [3.8, 4) is 11.5 Å². The summed E-state index contributed by atoms with van der Waals surface area (Å²) in [6, 6.07) is 26.4. The lowest BCUT2D eigenvalue weighted by molar-refractivity contribution is -0.129. The lowest BCUT2D eigenvalue weighted by Crippen LogP contribution is -2.48. The van der Waals surface area contributed by atoms with Crippen LogP contribution in [0.1, 0.15) is 50.7 Å². The number of carbonyl (C=O) groups excluding carboxylic acids is 1. The number of nitrogens with zero attached hydrogens (tertiary/aromatic N) is 1. The van der Waals surface area contributed by atoms with Crippen molar-refractivity contribution in [1.82, 2.24) is 4.90 Å². The number of amides is 1. The first-order valence-electron chi connectivity index (χ1n) is 13.6. The summed E-state index contributed by atoms with van der Waals surface area (Å²) < 4.78 is 12.0. The normalized spacial score (nSPS) is 22.5. The summed E-state index contributed by atoms with van der Waals surface area (Å²) in [7, 11) is 0. The summed E-state index contributed by atoms with van der Waals surface area (Å²) in [5.74, 6) is 1.97. The van der Waals surface area contributed by atoms with Crippen LogP contribution in [-0.4, -0.2) is 29.0 Å². The zero-order valence-corrected chi connectivity index (χ0v) is 23.0. The zero-order chi connectivity index (χ0) is 26.3. The third-order valence-electron chi connectivity index (χ3n) is 7.23. The van der Waals surface area contributed by atoms with Gasteiger partial charge in [-0.05, 0) is 67.2 Å². The summed E-state index contributed by atoms with van der Waals surface area (Å²) >= 11 is 1.60. The van der Waals surface area contributed by atoms with Gasteiger partial charge in [0.05, 0.1) is 11.5 Å². The minimum atomic E-state index is -0.137. The SMILES string of the molecule is CCOc1cc(/C=C2\SC(Nc3ccccc3)N([C@@H]3CCCC[C@@H]3C)C2=O)ccc1OCc1ccccc1. The lowest BCUT2D eigenvalue weighted by atomic mass is 9.85. The largest absolute Gasteiger partial charge is 0.490 e. The molecule has 0 radical (unpaired) electrons. The van der Waals surface area contributed by atoms with E-state index in [1.165, 1.54) is 19.3 Å². The van der Waals surface area contributed by atoms with Crippen LogP contribution in [0, 0.1) is 5.92 Å². The van der Waals surface area contributed by atoms with Crippen LogP contribution in [0.4, 0.5) is 5.69 Å². The van der Waals surface area contributed by atoms with E-state index in [-0.39, 0.29) is 17.4 Å². The summed E-state index contributed by atoms with van der Waals surface area (Å²) in [6.07, 6.45) is 6.62. The maximum atomic E-state index is 13.8. The highest BCUT2D eigenvalue weighted by atomic mass is 32.2. The van der Waals surface area contributed by atoms with Crippen molar-refractivity contribution in [2.24, 2.45) is 5.92 Å². The molecule has 1 saturated heterocycles. The van der Waals surface area contributed by atoms with Gasteiger partial charge in [-0.15, -0.1) is 0 Å². The number of hydrogen-bond acceptors (Lipinski definition) is 5. The Morgan fingerprint density at radius 1 is 0.947 bits per heavy atom. The van der Waals surface area contributed by atoms with Gasteiger partial charge in [-0.25, -0.2) is 0 Å². The van der Waals surface area contributed by atoms with Gasteiger partial charge in [0, 0.05) is 11.7 Å². The fraction of sp³-hybridized carbons (Fsp3) is 0.344. The van der Waals surface area contributed by atoms with Crippen molar-refractivity contribution in [1.29, 1.82) is 0 Å². The topological polar surface area (TPSA) is 50.8 Å². The Labute approximate surface area is 230 Å². The Bertz CT molecular complexity index is 1250. The molecular weight excluding hydrogens is 492 g/mol. The fourth-order valence-corrected chi connectivity index (χ4v) is 6.47. The Hall–Kier alpha value is -3.38. The molecule has 1 amide bonds. The van der Waals surface area contributed by atoms with E-state index in [0.717, 1.165) is 28.1 Å². The van der Waals surface area contributed by atoms with E-state index in [9.17, 15) is 4.79 Å². The molecule has 5 rings (SSSR count). The predicted molar refractivity (Wildman–Crippen MR) is 156 cm³/mol. The third kappa shape index (κ3) is 6.18. The second kappa shape index (κ2) is 12.4. The molecule has 3 aromatic carbocycles. The number of benzene rings is 3. The van der Waals surface area contributed by atoms with Gasteiger partial charge in [-0.3, -0.25) is 4.79 Å². The molecule has 1 unspecified atom stereocenters. The van der Waals surface area contributed by atoms with Crippen molar-refractivity contribution in [2.45, 2.75) is 57.7 Å². The number of para-hydroxylation sites is 1. The van der Waals surface area contributed by atoms with E-state index in [1.807, 2.05) is 79.7 Å². The third-order valence-corrected chi connectivity index (χ3v) is 8.34. The van der Waals surface area contributed by atoms with Gasteiger partial charge in [-0.2, -0.15) is 0 Å². The van der Waals surface area contributed by atoms with Crippen LogP contribution in [-0.2, 0) is 11.4 Å². The smallest absolute Gasteiger partial charge is 0.262 e. The standard InChI is InChI=1S/C32H36N2O3S/c1-3-36-29-20-25(18-19-28(29)37-22-24-13-6-4-7-14-24)21-30-31(35)34(27-17-11-10-12-23(27)2)32(38-30)33-26-15-8-5-9-16-26/h4-9,13-16,18-21,23,27,32-33H,3,10-12,17,22H2,1-2H3/b30-21-/t23-,27+,32?/m0/s1. The van der Waals surface area contributed by atoms with Gasteiger partial charge in [0.25, 0.3) is 5.91 Å². The van der Waals surface area contributed by atoms with Gasteiger partial charge in [0.2, 0.25) is 0 Å². The molecule has 3 atom stereocenters. The van der Waals surface area contributed by atoms with E-state index < -0.39 is 0 Å². The van der Waals surface area contributed by atoms with Gasteiger partial charge in [0.1, 0.15) is 6.61 Å². The van der Waals surface area contributed by atoms with Crippen LogP contribution in [0.3, 0.4) is 0 Å². The van der Waals surface area contributed by atoms with Crippen LogP contribution in [0.25, 0.3) is 6.08 Å². The molecule has 0 aromatic heterocycles. The van der Waals surface area contributed by atoms with Crippen molar-refractivity contribution in [3.63, 3.8) is 0 Å². The van der Waals surface area contributed by atoms with Crippen LogP contribution in [0.15, 0.2) is 83.8 Å². The number of hydrogen-bond donors (Lipinski definition) is 1. The number of thioether (sulfide) groups is 1. The summed E-state index contributed by atoms with van der Waals surface area (Å²) in [5.41, 5.74) is 2.91. The highest BCUT2D eigenvalue weighted by Gasteiger charge is 2.42. The average Bonchev–Trinajstić information content (AvgIpc) is 3.23.